The van der Waals surface area contributed by atoms with Crippen LogP contribution in [0, 0.1) is 17.8 Å². The third kappa shape index (κ3) is 8.26. The van der Waals surface area contributed by atoms with Crippen molar-refractivity contribution in [3.05, 3.63) is 29.8 Å². The van der Waals surface area contributed by atoms with Gasteiger partial charge in [-0.25, -0.2) is 10.4 Å². The highest BCUT2D eigenvalue weighted by Crippen LogP contribution is 2.29. The molecular weight excluding hydrogens is 488 g/mol. The zero-order chi connectivity index (χ0) is 26.9. The van der Waals surface area contributed by atoms with Crippen LogP contribution in [-0.4, -0.2) is 78.0 Å². The molecule has 0 bridgehead atoms. The van der Waals surface area contributed by atoms with Crippen LogP contribution < -0.4 is 15.5 Å². The maximum Gasteiger partial charge on any atom is 0.304 e. The molecule has 1 atom stereocenters. The van der Waals surface area contributed by atoms with Crippen molar-refractivity contribution in [1.82, 2.24) is 20.7 Å². The zero-order valence-electron chi connectivity index (χ0n) is 22.0. The number of hydrazine groups is 1. The van der Waals surface area contributed by atoms with Crippen molar-refractivity contribution < 1.29 is 29.0 Å². The molecule has 2 aliphatic heterocycles. The molecule has 0 radical (unpaired) electrons. The number of nitrogens with zero attached hydrogens (tertiary/aromatic N) is 2. The molecule has 0 spiro atoms. The van der Waals surface area contributed by atoms with E-state index in [0.717, 1.165) is 37.4 Å². The average molecular weight is 529 g/mol. The van der Waals surface area contributed by atoms with Crippen LogP contribution >= 0.6 is 0 Å². The topological polar surface area (TPSA) is 128 Å². The Balaban J connectivity index is 1.37. The third-order valence-corrected chi connectivity index (χ3v) is 7.66. The van der Waals surface area contributed by atoms with Gasteiger partial charge in [-0.3, -0.25) is 19.2 Å². The van der Waals surface area contributed by atoms with Gasteiger partial charge in [0.25, 0.3) is 5.91 Å². The van der Waals surface area contributed by atoms with E-state index in [-0.39, 0.29) is 25.4 Å². The van der Waals surface area contributed by atoms with E-state index in [2.05, 4.69) is 10.7 Å². The summed E-state index contributed by atoms with van der Waals surface area (Å²) in [4.78, 5) is 52.6. The lowest BCUT2D eigenvalue weighted by Crippen LogP contribution is -2.53. The predicted octanol–water partition coefficient (Wildman–Crippen LogP) is 2.44. The minimum atomic E-state index is -1.03. The van der Waals surface area contributed by atoms with Crippen LogP contribution in [0.2, 0.25) is 0 Å². The fourth-order valence-corrected chi connectivity index (χ4v) is 5.09. The molecular formula is C28H40N4O6. The van der Waals surface area contributed by atoms with Crippen molar-refractivity contribution in [2.24, 2.45) is 17.8 Å². The number of carboxylic acids is 1. The minimum absolute atomic E-state index is 0.0551. The molecule has 4 rings (SSSR count). The summed E-state index contributed by atoms with van der Waals surface area (Å²) in [6.07, 6.45) is 6.86. The summed E-state index contributed by atoms with van der Waals surface area (Å²) in [5.74, 6) is -0.676. The summed E-state index contributed by atoms with van der Waals surface area (Å²) in [5, 5.41) is 13.3. The Morgan fingerprint density at radius 3 is 2.42 bits per heavy atom. The number of hydrogen-bond acceptors (Lipinski definition) is 7. The largest absolute Gasteiger partial charge is 0.493 e. The van der Waals surface area contributed by atoms with Gasteiger partial charge in [-0.15, -0.1) is 0 Å². The first-order valence-corrected chi connectivity index (χ1v) is 14.0. The van der Waals surface area contributed by atoms with Gasteiger partial charge in [0.05, 0.1) is 18.9 Å². The number of amides is 3. The average Bonchev–Trinajstić information content (AvgIpc) is 3.78. The van der Waals surface area contributed by atoms with Gasteiger partial charge < -0.3 is 20.1 Å². The van der Waals surface area contributed by atoms with Crippen molar-refractivity contribution >= 4 is 23.7 Å². The van der Waals surface area contributed by atoms with Crippen molar-refractivity contribution in [2.75, 3.05) is 39.3 Å². The number of benzene rings is 1. The number of nitrogens with one attached hydrogen (secondary N) is 2. The minimum Gasteiger partial charge on any atom is -0.493 e. The van der Waals surface area contributed by atoms with Crippen molar-refractivity contribution in [3.8, 4) is 5.75 Å². The van der Waals surface area contributed by atoms with Gasteiger partial charge in [-0.05, 0) is 94.1 Å². The van der Waals surface area contributed by atoms with Crippen LogP contribution in [0.25, 0.3) is 0 Å². The quantitative estimate of drug-likeness (QED) is 0.279. The Bertz CT molecular complexity index is 974. The number of imide groups is 1. The molecule has 10 heteroatoms. The number of carbonyl (C=O) groups is 4. The monoisotopic (exact) mass is 528 g/mol. The van der Waals surface area contributed by atoms with E-state index in [1.807, 2.05) is 0 Å². The normalized spacial score (nSPS) is 20.1. The van der Waals surface area contributed by atoms with Gasteiger partial charge in [0, 0.05) is 31.6 Å². The molecule has 1 aromatic carbocycles. The Labute approximate surface area is 224 Å². The number of piperidine rings is 2. The van der Waals surface area contributed by atoms with Crippen LogP contribution in [-0.2, 0) is 14.4 Å². The van der Waals surface area contributed by atoms with Crippen molar-refractivity contribution in [1.29, 1.82) is 0 Å². The number of hydrogen-bond donors (Lipinski definition) is 3. The number of ether oxygens (including phenoxy) is 1. The molecule has 0 unspecified atom stereocenters. The molecule has 3 amide bonds. The van der Waals surface area contributed by atoms with Gasteiger partial charge in [-0.2, -0.15) is 0 Å². The lowest BCUT2D eigenvalue weighted by atomic mass is 9.92. The van der Waals surface area contributed by atoms with Crippen LogP contribution in [0.1, 0.15) is 68.1 Å². The second-order valence-electron chi connectivity index (χ2n) is 10.7. The molecule has 1 aliphatic carbocycles. The van der Waals surface area contributed by atoms with E-state index in [0.29, 0.717) is 55.6 Å². The third-order valence-electron chi connectivity index (χ3n) is 7.66. The Morgan fingerprint density at radius 2 is 1.74 bits per heavy atom. The lowest BCUT2D eigenvalue weighted by molar-refractivity contribution is -0.142. The van der Waals surface area contributed by atoms with Crippen LogP contribution in [0.4, 0.5) is 0 Å². The van der Waals surface area contributed by atoms with E-state index in [4.69, 9.17) is 9.84 Å². The molecule has 3 N–H and O–H groups in total. The summed E-state index contributed by atoms with van der Waals surface area (Å²) in [7, 11) is 0. The molecule has 208 valence electrons. The molecule has 10 nitrogen and oxygen atoms in total. The fraction of sp³-hybridized carbons (Fsp3) is 0.643. The van der Waals surface area contributed by atoms with Gasteiger partial charge in [0.1, 0.15) is 5.75 Å². The number of carboxylic acid groups (broad SMARTS) is 1. The van der Waals surface area contributed by atoms with Crippen LogP contribution in [0.3, 0.4) is 0 Å². The maximum absolute atomic E-state index is 13.5. The summed E-state index contributed by atoms with van der Waals surface area (Å²) in [6, 6.07) is 6.64. The lowest BCUT2D eigenvalue weighted by Gasteiger charge is -2.35. The van der Waals surface area contributed by atoms with E-state index in [1.54, 1.807) is 29.2 Å². The molecule has 3 fully saturated rings. The smallest absolute Gasteiger partial charge is 0.304 e. The fourth-order valence-electron chi connectivity index (χ4n) is 5.09. The zero-order valence-corrected chi connectivity index (χ0v) is 22.0. The van der Waals surface area contributed by atoms with E-state index >= 15 is 0 Å². The summed E-state index contributed by atoms with van der Waals surface area (Å²) in [5.41, 5.74) is 3.03. The Kier molecular flexibility index (Phi) is 10.1. The van der Waals surface area contributed by atoms with E-state index in [9.17, 15) is 19.2 Å². The van der Waals surface area contributed by atoms with Crippen LogP contribution in [0.15, 0.2) is 24.3 Å². The van der Waals surface area contributed by atoms with Gasteiger partial charge in [0.15, 0.2) is 0 Å². The van der Waals surface area contributed by atoms with Crippen molar-refractivity contribution in [3.63, 3.8) is 0 Å². The SMILES string of the molecule is O=C(O)CCNN(C(=O)c1ccc(OCC2CC2)cc1)C(=O)[C@@H]1CCCN(C(=O)CCC2CCNCC2)C1. The van der Waals surface area contributed by atoms with Gasteiger partial charge >= 0.3 is 5.97 Å². The highest BCUT2D eigenvalue weighted by atomic mass is 16.5. The number of carbonyl (C=O) groups excluding carboxylic acids is 3. The molecule has 2 saturated heterocycles. The molecule has 38 heavy (non-hydrogen) atoms. The molecule has 1 aromatic rings. The van der Waals surface area contributed by atoms with Crippen LogP contribution in [0.5, 0.6) is 5.75 Å². The summed E-state index contributed by atoms with van der Waals surface area (Å²) >= 11 is 0. The Morgan fingerprint density at radius 1 is 1.00 bits per heavy atom. The van der Waals surface area contributed by atoms with E-state index in [1.165, 1.54) is 12.8 Å². The van der Waals surface area contributed by atoms with Gasteiger partial charge in [0.2, 0.25) is 11.8 Å². The Hall–Kier alpha value is -2.98. The maximum atomic E-state index is 13.5. The second-order valence-corrected chi connectivity index (χ2v) is 10.7. The first-order chi connectivity index (χ1) is 18.4. The summed E-state index contributed by atoms with van der Waals surface area (Å²) in [6.45, 7) is 3.45. The number of aliphatic carboxylic acids is 1. The van der Waals surface area contributed by atoms with Crippen molar-refractivity contribution in [2.45, 2.75) is 57.8 Å². The standard InChI is InChI=1S/C28H40N4O6/c33-25(10-5-20-11-14-29-15-12-20)31-17-1-2-23(18-31)28(37)32(30-16-13-26(34)35)27(36)22-6-8-24(9-7-22)38-19-21-3-4-21/h6-9,20-21,23,29-30H,1-5,10-19H2,(H,34,35)/t23-/m1/s1. The molecule has 3 aliphatic rings. The number of likely N-dealkylation sites (tertiary alicyclic amines) is 1. The number of rotatable bonds is 12. The first kappa shape index (κ1) is 28.0. The first-order valence-electron chi connectivity index (χ1n) is 14.0. The summed E-state index contributed by atoms with van der Waals surface area (Å²) < 4.78 is 5.74. The second kappa shape index (κ2) is 13.7. The highest BCUT2D eigenvalue weighted by Gasteiger charge is 2.34. The van der Waals surface area contributed by atoms with E-state index < -0.39 is 23.7 Å². The molecule has 1 saturated carbocycles. The van der Waals surface area contributed by atoms with Gasteiger partial charge in [-0.1, -0.05) is 0 Å². The predicted molar refractivity (Wildman–Crippen MR) is 140 cm³/mol. The molecule has 2 heterocycles. The highest BCUT2D eigenvalue weighted by molar-refractivity contribution is 6.05. The molecule has 0 aromatic heterocycles.